The Kier molecular flexibility index (Phi) is 6.43. The van der Waals surface area contributed by atoms with E-state index in [0.29, 0.717) is 22.0 Å². The molecule has 0 unspecified atom stereocenters. The first-order valence-corrected chi connectivity index (χ1v) is 9.49. The molecule has 10 heteroatoms. The van der Waals surface area contributed by atoms with Crippen molar-refractivity contribution in [3.63, 3.8) is 0 Å². The Labute approximate surface area is 174 Å². The van der Waals surface area contributed by atoms with Crippen LogP contribution in [-0.2, 0) is 4.74 Å². The van der Waals surface area contributed by atoms with Crippen molar-refractivity contribution < 1.29 is 19.1 Å². The molecule has 8 nitrogen and oxygen atoms in total. The highest BCUT2D eigenvalue weighted by Gasteiger charge is 2.13. The van der Waals surface area contributed by atoms with Gasteiger partial charge in [0.1, 0.15) is 5.69 Å². The number of nitrogens with zero attached hydrogens (tertiary/aromatic N) is 1. The largest absolute Gasteiger partial charge is 0.465 e. The molecule has 1 heterocycles. The van der Waals surface area contributed by atoms with E-state index < -0.39 is 17.9 Å². The molecule has 0 atom stereocenters. The second-order valence-electron chi connectivity index (χ2n) is 5.65. The van der Waals surface area contributed by atoms with Crippen LogP contribution < -0.4 is 16.0 Å². The molecule has 29 heavy (non-hydrogen) atoms. The number of carbonyl (C=O) groups is 3. The van der Waals surface area contributed by atoms with Crippen LogP contribution in [0.5, 0.6) is 0 Å². The molecule has 0 radical (unpaired) electrons. The van der Waals surface area contributed by atoms with Gasteiger partial charge in [-0.1, -0.05) is 17.7 Å². The number of amides is 3. The van der Waals surface area contributed by atoms with Gasteiger partial charge in [-0.05, 0) is 42.5 Å². The first-order valence-electron chi connectivity index (χ1n) is 8.23. The van der Waals surface area contributed by atoms with Crippen molar-refractivity contribution in [2.24, 2.45) is 0 Å². The average molecular weight is 431 g/mol. The molecule has 0 aliphatic heterocycles. The second kappa shape index (κ2) is 9.18. The van der Waals surface area contributed by atoms with Crippen LogP contribution >= 0.6 is 22.9 Å². The van der Waals surface area contributed by atoms with E-state index >= 15 is 0 Å². The highest BCUT2D eigenvalue weighted by atomic mass is 35.5. The minimum absolute atomic E-state index is 0.144. The van der Waals surface area contributed by atoms with Crippen LogP contribution in [0.15, 0.2) is 53.9 Å². The van der Waals surface area contributed by atoms with Crippen molar-refractivity contribution in [3.05, 3.63) is 70.2 Å². The van der Waals surface area contributed by atoms with E-state index in [-0.39, 0.29) is 10.8 Å². The summed E-state index contributed by atoms with van der Waals surface area (Å²) in [6.07, 6.45) is 0. The van der Waals surface area contributed by atoms with E-state index in [2.05, 4.69) is 25.7 Å². The minimum Gasteiger partial charge on any atom is -0.465 e. The van der Waals surface area contributed by atoms with Crippen LogP contribution in [0.3, 0.4) is 0 Å². The maximum atomic E-state index is 12.3. The second-order valence-corrected chi connectivity index (χ2v) is 6.94. The van der Waals surface area contributed by atoms with E-state index in [1.807, 2.05) is 0 Å². The van der Waals surface area contributed by atoms with Crippen LogP contribution in [0.25, 0.3) is 0 Å². The zero-order valence-electron chi connectivity index (χ0n) is 15.1. The lowest BCUT2D eigenvalue weighted by Gasteiger charge is -2.06. The van der Waals surface area contributed by atoms with Crippen molar-refractivity contribution in [2.75, 3.05) is 23.1 Å². The van der Waals surface area contributed by atoms with E-state index in [1.165, 1.54) is 24.6 Å². The third-order valence-electron chi connectivity index (χ3n) is 3.60. The normalized spacial score (nSPS) is 10.1. The molecule has 0 saturated heterocycles. The third-order valence-corrected chi connectivity index (χ3v) is 4.60. The van der Waals surface area contributed by atoms with Crippen LogP contribution in [0.2, 0.25) is 5.02 Å². The zero-order valence-corrected chi connectivity index (χ0v) is 16.6. The summed E-state index contributed by atoms with van der Waals surface area (Å²) in [5, 5.41) is 10.1. The number of urea groups is 1. The molecule has 1 aromatic heterocycles. The first kappa shape index (κ1) is 20.3. The van der Waals surface area contributed by atoms with Crippen LogP contribution in [0.4, 0.5) is 21.3 Å². The van der Waals surface area contributed by atoms with Crippen LogP contribution in [0, 0.1) is 0 Å². The van der Waals surface area contributed by atoms with Gasteiger partial charge in [-0.15, -0.1) is 11.3 Å². The van der Waals surface area contributed by atoms with E-state index in [4.69, 9.17) is 11.6 Å². The number of esters is 1. The number of benzene rings is 2. The number of hydrogen-bond acceptors (Lipinski definition) is 6. The predicted molar refractivity (Wildman–Crippen MR) is 112 cm³/mol. The predicted octanol–water partition coefficient (Wildman–Crippen LogP) is 4.48. The molecule has 3 N–H and O–H groups in total. The lowest BCUT2D eigenvalue weighted by molar-refractivity contribution is 0.0600. The van der Waals surface area contributed by atoms with Gasteiger partial charge < -0.3 is 15.4 Å². The Morgan fingerprint density at radius 1 is 1.00 bits per heavy atom. The summed E-state index contributed by atoms with van der Waals surface area (Å²) in [4.78, 5) is 39.9. The van der Waals surface area contributed by atoms with Gasteiger partial charge in [-0.2, -0.15) is 0 Å². The Morgan fingerprint density at radius 2 is 1.76 bits per heavy atom. The van der Waals surface area contributed by atoms with Crippen molar-refractivity contribution >= 4 is 57.4 Å². The molecule has 2 aromatic carbocycles. The van der Waals surface area contributed by atoms with Gasteiger partial charge in [0, 0.05) is 21.8 Å². The Hall–Kier alpha value is -3.43. The molecule has 0 spiro atoms. The molecule has 0 aliphatic carbocycles. The molecule has 148 valence electrons. The fourth-order valence-electron chi connectivity index (χ4n) is 2.26. The molecule has 3 amide bonds. The number of rotatable bonds is 5. The molecular weight excluding hydrogens is 416 g/mol. The third kappa shape index (κ3) is 5.53. The van der Waals surface area contributed by atoms with Gasteiger partial charge in [0.2, 0.25) is 0 Å². The van der Waals surface area contributed by atoms with Gasteiger partial charge in [0.05, 0.1) is 12.7 Å². The summed E-state index contributed by atoms with van der Waals surface area (Å²) in [6, 6.07) is 12.4. The van der Waals surface area contributed by atoms with Gasteiger partial charge in [0.25, 0.3) is 5.91 Å². The summed E-state index contributed by atoms with van der Waals surface area (Å²) in [5.41, 5.74) is 1.53. The van der Waals surface area contributed by atoms with Gasteiger partial charge in [-0.3, -0.25) is 10.1 Å². The van der Waals surface area contributed by atoms with E-state index in [9.17, 15) is 14.4 Å². The lowest BCUT2D eigenvalue weighted by atomic mass is 10.2. The number of ether oxygens (including phenoxy) is 1. The van der Waals surface area contributed by atoms with Crippen molar-refractivity contribution in [3.8, 4) is 0 Å². The van der Waals surface area contributed by atoms with Crippen LogP contribution in [0.1, 0.15) is 20.8 Å². The van der Waals surface area contributed by atoms with Crippen molar-refractivity contribution in [2.45, 2.75) is 0 Å². The van der Waals surface area contributed by atoms with Crippen LogP contribution in [-0.4, -0.2) is 30.0 Å². The minimum atomic E-state index is -0.507. The molecule has 3 aromatic rings. The number of carbonyl (C=O) groups excluding carboxylic acids is 3. The van der Waals surface area contributed by atoms with E-state index in [1.54, 1.807) is 36.4 Å². The van der Waals surface area contributed by atoms with Crippen molar-refractivity contribution in [1.82, 2.24) is 4.98 Å². The average Bonchev–Trinajstić information content (AvgIpc) is 3.16. The Balaban J connectivity index is 1.58. The lowest BCUT2D eigenvalue weighted by Crippen LogP contribution is -2.19. The highest BCUT2D eigenvalue weighted by Crippen LogP contribution is 2.19. The summed E-state index contributed by atoms with van der Waals surface area (Å²) >= 11 is 6.98. The van der Waals surface area contributed by atoms with Crippen molar-refractivity contribution in [1.29, 1.82) is 0 Å². The number of thiazole rings is 1. The smallest absolute Gasteiger partial charge is 0.337 e. The summed E-state index contributed by atoms with van der Waals surface area (Å²) < 4.78 is 4.62. The number of halogens is 1. The molecule has 0 aliphatic rings. The highest BCUT2D eigenvalue weighted by molar-refractivity contribution is 7.14. The summed E-state index contributed by atoms with van der Waals surface area (Å²) in [5.74, 6) is -0.912. The molecule has 0 fully saturated rings. The quantitative estimate of drug-likeness (QED) is 0.517. The maximum absolute atomic E-state index is 12.3. The maximum Gasteiger partial charge on any atom is 0.337 e. The molecule has 3 rings (SSSR count). The Morgan fingerprint density at radius 3 is 2.45 bits per heavy atom. The van der Waals surface area contributed by atoms with Gasteiger partial charge in [-0.25, -0.2) is 14.6 Å². The molecular formula is C19H15ClN4O4S. The topological polar surface area (TPSA) is 109 Å². The first-order chi connectivity index (χ1) is 13.9. The number of aromatic nitrogens is 1. The number of nitrogens with one attached hydrogen (secondary N) is 3. The number of anilines is 3. The fourth-order valence-corrected chi connectivity index (χ4v) is 3.14. The standard InChI is InChI=1S/C19H15ClN4O4S/c1-28-17(26)11-5-7-13(8-6-11)21-16(25)15-10-29-19(23-15)24-18(27)22-14-4-2-3-12(20)9-14/h2-10H,1H3,(H,21,25)(H2,22,23,24,27). The summed E-state index contributed by atoms with van der Waals surface area (Å²) in [6.45, 7) is 0. The molecule has 0 bridgehead atoms. The monoisotopic (exact) mass is 430 g/mol. The van der Waals surface area contributed by atoms with E-state index in [0.717, 1.165) is 11.3 Å². The number of methoxy groups -OCH3 is 1. The number of hydrogen-bond donors (Lipinski definition) is 3. The molecule has 0 saturated carbocycles. The van der Waals surface area contributed by atoms with Gasteiger partial charge >= 0.3 is 12.0 Å². The summed E-state index contributed by atoms with van der Waals surface area (Å²) in [7, 11) is 1.29. The Bertz CT molecular complexity index is 1050. The zero-order chi connectivity index (χ0) is 20.8. The van der Waals surface area contributed by atoms with Gasteiger partial charge in [0.15, 0.2) is 5.13 Å². The SMILES string of the molecule is COC(=O)c1ccc(NC(=O)c2csc(NC(=O)Nc3cccc(Cl)c3)n2)cc1. The fraction of sp³-hybridized carbons (Fsp3) is 0.0526.